The van der Waals surface area contributed by atoms with Gasteiger partial charge < -0.3 is 5.11 Å². The number of Topliss-reactive ketones (excluding diaryl/α,β-unsaturated/α-hetero) is 1. The number of carbonyl (C=O) groups is 1. The summed E-state index contributed by atoms with van der Waals surface area (Å²) in [5.41, 5.74) is 0.258. The summed E-state index contributed by atoms with van der Waals surface area (Å²) >= 11 is 10.8. The van der Waals surface area contributed by atoms with Crippen molar-refractivity contribution in [3.63, 3.8) is 0 Å². The van der Waals surface area contributed by atoms with E-state index >= 15 is 0 Å². The fourth-order valence-corrected chi connectivity index (χ4v) is 2.07. The lowest BCUT2D eigenvalue weighted by atomic mass is 10.1. The summed E-state index contributed by atoms with van der Waals surface area (Å²) in [6.45, 7) is 0. The van der Waals surface area contributed by atoms with Crippen molar-refractivity contribution in [2.24, 2.45) is 0 Å². The van der Waals surface area contributed by atoms with Gasteiger partial charge in [-0.2, -0.15) is 0 Å². The highest BCUT2D eigenvalue weighted by atomic mass is 127. The summed E-state index contributed by atoms with van der Waals surface area (Å²) in [7, 11) is 0. The molecular formula is C8H5BrClIO2. The number of ketones is 1. The van der Waals surface area contributed by atoms with Gasteiger partial charge in [-0.3, -0.25) is 4.79 Å². The predicted octanol–water partition coefficient (Wildman–Crippen LogP) is 3.43. The molecule has 0 radical (unpaired) electrons. The van der Waals surface area contributed by atoms with Crippen LogP contribution < -0.4 is 0 Å². The van der Waals surface area contributed by atoms with Crippen LogP contribution in [0.25, 0.3) is 0 Å². The smallest absolute Gasteiger partial charge is 0.176 e. The van der Waals surface area contributed by atoms with Gasteiger partial charge in [-0.1, -0.05) is 34.2 Å². The lowest BCUT2D eigenvalue weighted by Crippen LogP contribution is -2.00. The number of phenolic OH excluding ortho intramolecular Hbond substituents is 1. The first-order valence-corrected chi connectivity index (χ1v) is 6.03. The zero-order valence-electron chi connectivity index (χ0n) is 6.35. The molecule has 0 aliphatic rings. The Balaban J connectivity index is 3.28. The summed E-state index contributed by atoms with van der Waals surface area (Å²) in [6, 6.07) is 3.00. The highest BCUT2D eigenvalue weighted by Crippen LogP contribution is 2.31. The van der Waals surface area contributed by atoms with Gasteiger partial charge >= 0.3 is 0 Å². The molecule has 0 aliphatic carbocycles. The van der Waals surface area contributed by atoms with E-state index in [9.17, 15) is 9.90 Å². The maximum absolute atomic E-state index is 11.3. The van der Waals surface area contributed by atoms with Gasteiger partial charge in [0.2, 0.25) is 0 Å². The first-order chi connectivity index (χ1) is 6.06. The van der Waals surface area contributed by atoms with Crippen molar-refractivity contribution in [2.45, 2.75) is 0 Å². The Morgan fingerprint density at radius 2 is 2.23 bits per heavy atom. The molecule has 5 heteroatoms. The highest BCUT2D eigenvalue weighted by Gasteiger charge is 2.13. The van der Waals surface area contributed by atoms with E-state index in [2.05, 4.69) is 15.9 Å². The van der Waals surface area contributed by atoms with Crippen molar-refractivity contribution < 1.29 is 9.90 Å². The van der Waals surface area contributed by atoms with E-state index < -0.39 is 0 Å². The lowest BCUT2D eigenvalue weighted by molar-refractivity contribution is 0.102. The fourth-order valence-electron chi connectivity index (χ4n) is 0.851. The molecule has 2 nitrogen and oxygen atoms in total. The summed E-state index contributed by atoms with van der Waals surface area (Å²) in [4.78, 5) is 11.3. The molecule has 0 unspecified atom stereocenters. The molecule has 0 bridgehead atoms. The number of aromatic hydroxyl groups is 1. The van der Waals surface area contributed by atoms with Crippen LogP contribution in [-0.2, 0) is 0 Å². The van der Waals surface area contributed by atoms with Crippen molar-refractivity contribution >= 4 is 55.9 Å². The molecule has 0 saturated heterocycles. The second kappa shape index (κ2) is 4.61. The topological polar surface area (TPSA) is 37.3 Å². The summed E-state index contributed by atoms with van der Waals surface area (Å²) in [6.07, 6.45) is 0. The minimum atomic E-state index is -0.138. The molecule has 13 heavy (non-hydrogen) atoms. The van der Waals surface area contributed by atoms with Crippen molar-refractivity contribution in [3.8, 4) is 5.75 Å². The second-order valence-corrected chi connectivity index (χ2v) is 4.39. The molecule has 1 N–H and O–H groups in total. The van der Waals surface area contributed by atoms with Crippen LogP contribution in [0.1, 0.15) is 10.4 Å². The quantitative estimate of drug-likeness (QED) is 0.489. The minimum absolute atomic E-state index is 0.0499. The van der Waals surface area contributed by atoms with Crippen LogP contribution in [-0.4, -0.2) is 15.3 Å². The van der Waals surface area contributed by atoms with Gasteiger partial charge in [-0.25, -0.2) is 0 Å². The fraction of sp³-hybridized carbons (Fsp3) is 0.125. The van der Waals surface area contributed by atoms with Gasteiger partial charge in [-0.15, -0.1) is 0 Å². The molecule has 1 aromatic rings. The van der Waals surface area contributed by atoms with Crippen molar-refractivity contribution in [2.75, 3.05) is 4.43 Å². The Bertz CT molecular complexity index is 354. The Morgan fingerprint density at radius 3 is 2.77 bits per heavy atom. The molecule has 0 saturated carbocycles. The van der Waals surface area contributed by atoms with Crippen molar-refractivity contribution in [3.05, 3.63) is 27.2 Å². The third kappa shape index (κ3) is 2.57. The first-order valence-electron chi connectivity index (χ1n) is 3.33. The standard InChI is InChI=1S/C8H5BrClIO2/c9-6-2-4(10)1-5(8(6)13)7(12)3-11/h1-2,13H,3H2. The number of halogens is 3. The Morgan fingerprint density at radius 1 is 1.62 bits per heavy atom. The van der Waals surface area contributed by atoms with Gasteiger partial charge in [-0.05, 0) is 28.1 Å². The monoisotopic (exact) mass is 374 g/mol. The number of benzene rings is 1. The number of hydrogen-bond donors (Lipinski definition) is 1. The van der Waals surface area contributed by atoms with Crippen LogP contribution in [0.5, 0.6) is 5.75 Å². The zero-order chi connectivity index (χ0) is 10.0. The lowest BCUT2D eigenvalue weighted by Gasteiger charge is -2.04. The molecule has 0 fully saturated rings. The van der Waals surface area contributed by atoms with Crippen molar-refractivity contribution in [1.82, 2.24) is 0 Å². The first kappa shape index (κ1) is 11.3. The van der Waals surface area contributed by atoms with Crippen molar-refractivity contribution in [1.29, 1.82) is 0 Å². The normalized spacial score (nSPS) is 10.1. The van der Waals surface area contributed by atoms with Gasteiger partial charge in [0.15, 0.2) is 5.78 Å². The Labute approximate surface area is 103 Å². The van der Waals surface area contributed by atoms with Crippen LogP contribution >= 0.6 is 50.1 Å². The number of carbonyl (C=O) groups excluding carboxylic acids is 1. The van der Waals surface area contributed by atoms with Crippen LogP contribution in [0.4, 0.5) is 0 Å². The molecule has 0 heterocycles. The number of rotatable bonds is 2. The SMILES string of the molecule is O=C(CI)c1cc(Cl)cc(Br)c1O. The highest BCUT2D eigenvalue weighted by molar-refractivity contribution is 14.1. The number of alkyl halides is 1. The molecule has 0 aliphatic heterocycles. The number of phenols is 1. The molecule has 1 aromatic carbocycles. The van der Waals surface area contributed by atoms with Gasteiger partial charge in [0.25, 0.3) is 0 Å². The average Bonchev–Trinajstić information content (AvgIpc) is 2.10. The van der Waals surface area contributed by atoms with E-state index in [0.29, 0.717) is 13.9 Å². The van der Waals surface area contributed by atoms with Gasteiger partial charge in [0, 0.05) is 5.02 Å². The van der Waals surface area contributed by atoms with E-state index in [1.165, 1.54) is 6.07 Å². The zero-order valence-corrected chi connectivity index (χ0v) is 10.9. The maximum Gasteiger partial charge on any atom is 0.176 e. The molecule has 1 rings (SSSR count). The molecule has 0 amide bonds. The van der Waals surface area contributed by atoms with Crippen LogP contribution in [0, 0.1) is 0 Å². The Hall–Kier alpha value is 0.190. The maximum atomic E-state index is 11.3. The molecule has 70 valence electrons. The van der Waals surface area contributed by atoms with Crippen LogP contribution in [0.3, 0.4) is 0 Å². The Kier molecular flexibility index (Phi) is 4.00. The second-order valence-electron chi connectivity index (χ2n) is 2.34. The number of hydrogen-bond acceptors (Lipinski definition) is 2. The predicted molar refractivity (Wildman–Crippen MR) is 64.0 cm³/mol. The molecule has 0 atom stereocenters. The van der Waals surface area contributed by atoms with Crippen LogP contribution in [0.15, 0.2) is 16.6 Å². The van der Waals surface area contributed by atoms with E-state index in [1.54, 1.807) is 6.07 Å². The third-order valence-corrected chi connectivity index (χ3v) is 2.97. The summed E-state index contributed by atoms with van der Waals surface area (Å²) in [5.74, 6) is -0.188. The minimum Gasteiger partial charge on any atom is -0.506 e. The van der Waals surface area contributed by atoms with E-state index in [1.807, 2.05) is 22.6 Å². The van der Waals surface area contributed by atoms with Crippen LogP contribution in [0.2, 0.25) is 5.02 Å². The third-order valence-electron chi connectivity index (χ3n) is 1.45. The summed E-state index contributed by atoms with van der Waals surface area (Å²) in [5, 5.41) is 9.92. The average molecular weight is 375 g/mol. The molecule has 0 aromatic heterocycles. The van der Waals surface area contributed by atoms with E-state index in [0.717, 1.165) is 0 Å². The summed E-state index contributed by atoms with van der Waals surface area (Å²) < 4.78 is 0.756. The van der Waals surface area contributed by atoms with Gasteiger partial charge in [0.1, 0.15) is 5.75 Å². The van der Waals surface area contributed by atoms with E-state index in [-0.39, 0.29) is 17.1 Å². The largest absolute Gasteiger partial charge is 0.506 e. The van der Waals surface area contributed by atoms with Gasteiger partial charge in [0.05, 0.1) is 14.5 Å². The van der Waals surface area contributed by atoms with E-state index in [4.69, 9.17) is 11.6 Å². The molecule has 0 spiro atoms. The molecular weight excluding hydrogens is 370 g/mol.